The summed E-state index contributed by atoms with van der Waals surface area (Å²) in [7, 11) is 2.00. The lowest BCUT2D eigenvalue weighted by atomic mass is 9.94. The van der Waals surface area contributed by atoms with Gasteiger partial charge in [0.25, 0.3) is 0 Å². The van der Waals surface area contributed by atoms with Crippen molar-refractivity contribution in [3.8, 4) is 0 Å². The van der Waals surface area contributed by atoms with E-state index in [2.05, 4.69) is 11.0 Å². The largest absolute Gasteiger partial charge is 0.387 e. The molecule has 0 bridgehead atoms. The number of fused-ring (bicyclic) bond motifs is 1. The van der Waals surface area contributed by atoms with Crippen LogP contribution in [0.5, 0.6) is 0 Å². The number of rotatable bonds is 0. The lowest BCUT2D eigenvalue weighted by molar-refractivity contribution is 0.143. The smallest absolute Gasteiger partial charge is 0.0978 e. The molecular formula is C11H16N2O. The predicted molar refractivity (Wildman–Crippen MR) is 57.4 cm³/mol. The number of aliphatic hydroxyl groups excluding tert-OH is 1. The third kappa shape index (κ3) is 1.38. The third-order valence-corrected chi connectivity index (χ3v) is 2.80. The predicted octanol–water partition coefficient (Wildman–Crippen LogP) is 0.806. The Bertz CT molecular complexity index is 351. The Hall–Kier alpha value is -1.06. The van der Waals surface area contributed by atoms with Crippen molar-refractivity contribution in [2.75, 3.05) is 18.5 Å². The van der Waals surface area contributed by atoms with Crippen molar-refractivity contribution in [1.82, 2.24) is 0 Å². The number of benzene rings is 1. The van der Waals surface area contributed by atoms with Crippen molar-refractivity contribution in [2.45, 2.75) is 19.1 Å². The fourth-order valence-electron chi connectivity index (χ4n) is 2.00. The molecule has 0 saturated carbocycles. The van der Waals surface area contributed by atoms with Gasteiger partial charge in [-0.25, -0.2) is 0 Å². The van der Waals surface area contributed by atoms with Crippen LogP contribution in [0, 0.1) is 6.92 Å². The summed E-state index contributed by atoms with van der Waals surface area (Å²) in [6.45, 7) is 2.73. The van der Waals surface area contributed by atoms with Crippen molar-refractivity contribution >= 4 is 5.69 Å². The van der Waals surface area contributed by atoms with Gasteiger partial charge in [-0.2, -0.15) is 0 Å². The van der Waals surface area contributed by atoms with E-state index >= 15 is 0 Å². The maximum Gasteiger partial charge on any atom is 0.0978 e. The molecule has 0 aliphatic carbocycles. The van der Waals surface area contributed by atoms with E-state index in [0.717, 1.165) is 16.8 Å². The summed E-state index contributed by atoms with van der Waals surface area (Å²) < 4.78 is 0. The van der Waals surface area contributed by atoms with Crippen LogP contribution in [0.2, 0.25) is 0 Å². The Morgan fingerprint density at radius 1 is 1.50 bits per heavy atom. The summed E-state index contributed by atoms with van der Waals surface area (Å²) in [5.74, 6) is 0. The number of nitrogens with two attached hydrogens (primary N) is 1. The zero-order valence-corrected chi connectivity index (χ0v) is 8.57. The molecule has 0 fully saturated rings. The second-order valence-electron chi connectivity index (χ2n) is 4.05. The summed E-state index contributed by atoms with van der Waals surface area (Å²) in [4.78, 5) is 2.09. The molecule has 1 aliphatic rings. The molecule has 0 radical (unpaired) electrons. The lowest BCUT2D eigenvalue weighted by Gasteiger charge is -2.35. The van der Waals surface area contributed by atoms with Gasteiger partial charge in [0.2, 0.25) is 0 Å². The van der Waals surface area contributed by atoms with Gasteiger partial charge in [-0.15, -0.1) is 0 Å². The van der Waals surface area contributed by atoms with Crippen molar-refractivity contribution in [2.24, 2.45) is 5.73 Å². The Morgan fingerprint density at radius 3 is 2.93 bits per heavy atom. The second-order valence-corrected chi connectivity index (χ2v) is 4.05. The van der Waals surface area contributed by atoms with Gasteiger partial charge in [-0.1, -0.05) is 17.7 Å². The topological polar surface area (TPSA) is 49.5 Å². The first kappa shape index (κ1) is 9.49. The number of hydrogen-bond acceptors (Lipinski definition) is 3. The number of nitrogens with zero attached hydrogens (tertiary/aromatic N) is 1. The van der Waals surface area contributed by atoms with Gasteiger partial charge in [-0.05, 0) is 13.0 Å². The van der Waals surface area contributed by atoms with E-state index in [1.807, 2.05) is 26.1 Å². The molecule has 76 valence electrons. The van der Waals surface area contributed by atoms with Crippen LogP contribution in [-0.4, -0.2) is 24.7 Å². The second kappa shape index (κ2) is 3.26. The summed E-state index contributed by atoms with van der Waals surface area (Å²) in [5, 5.41) is 9.92. The molecule has 3 heteroatoms. The Balaban J connectivity index is 2.51. The molecule has 1 heterocycles. The molecule has 3 nitrogen and oxygen atoms in total. The Labute approximate surface area is 84.1 Å². The van der Waals surface area contributed by atoms with Crippen LogP contribution < -0.4 is 10.6 Å². The molecule has 1 aromatic carbocycles. The number of aliphatic hydroxyl groups is 1. The molecule has 0 spiro atoms. The molecule has 1 aliphatic heterocycles. The fourth-order valence-corrected chi connectivity index (χ4v) is 2.00. The van der Waals surface area contributed by atoms with Crippen molar-refractivity contribution in [3.63, 3.8) is 0 Å². The van der Waals surface area contributed by atoms with Crippen molar-refractivity contribution < 1.29 is 5.11 Å². The highest BCUT2D eigenvalue weighted by Gasteiger charge is 2.27. The number of anilines is 1. The first-order valence-corrected chi connectivity index (χ1v) is 4.85. The highest BCUT2D eigenvalue weighted by atomic mass is 16.3. The summed E-state index contributed by atoms with van der Waals surface area (Å²) in [6, 6.07) is 5.92. The highest BCUT2D eigenvalue weighted by Crippen LogP contribution is 2.32. The minimum absolute atomic E-state index is 0.186. The van der Waals surface area contributed by atoms with Gasteiger partial charge < -0.3 is 15.7 Å². The first-order valence-electron chi connectivity index (χ1n) is 4.85. The number of likely N-dealkylation sites (N-methyl/N-ethyl adjacent to an activating group) is 1. The Kier molecular flexibility index (Phi) is 2.21. The average Bonchev–Trinajstić information content (AvgIpc) is 2.14. The minimum atomic E-state index is -0.527. The first-order chi connectivity index (χ1) is 6.59. The van der Waals surface area contributed by atoms with E-state index in [0.29, 0.717) is 6.54 Å². The number of aryl methyl sites for hydroxylation is 1. The molecule has 0 saturated heterocycles. The normalized spacial score (nSPS) is 26.1. The third-order valence-electron chi connectivity index (χ3n) is 2.80. The van der Waals surface area contributed by atoms with Crippen molar-refractivity contribution in [1.29, 1.82) is 0 Å². The molecule has 0 unspecified atom stereocenters. The van der Waals surface area contributed by atoms with E-state index in [-0.39, 0.29) is 6.04 Å². The molecule has 2 rings (SSSR count). The van der Waals surface area contributed by atoms with Gasteiger partial charge in [0.1, 0.15) is 0 Å². The van der Waals surface area contributed by atoms with E-state index in [4.69, 9.17) is 5.73 Å². The molecule has 14 heavy (non-hydrogen) atoms. The van der Waals surface area contributed by atoms with E-state index in [1.54, 1.807) is 0 Å². The maximum absolute atomic E-state index is 9.92. The quantitative estimate of drug-likeness (QED) is 0.639. The molecule has 0 amide bonds. The van der Waals surface area contributed by atoms with Gasteiger partial charge in [0.15, 0.2) is 0 Å². The average molecular weight is 192 g/mol. The highest BCUT2D eigenvalue weighted by molar-refractivity contribution is 5.58. The zero-order valence-electron chi connectivity index (χ0n) is 8.57. The molecule has 2 atom stereocenters. The summed E-state index contributed by atoms with van der Waals surface area (Å²) >= 11 is 0. The number of hydrogen-bond donors (Lipinski definition) is 2. The van der Waals surface area contributed by atoms with Crippen LogP contribution in [0.1, 0.15) is 17.2 Å². The van der Waals surface area contributed by atoms with Crippen LogP contribution in [0.15, 0.2) is 18.2 Å². The molecular weight excluding hydrogens is 176 g/mol. The summed E-state index contributed by atoms with van der Waals surface area (Å²) in [5.41, 5.74) is 9.04. The summed E-state index contributed by atoms with van der Waals surface area (Å²) in [6.07, 6.45) is -0.527. The Morgan fingerprint density at radius 2 is 2.21 bits per heavy atom. The standard InChI is InChI=1S/C11H16N2O/c1-7-3-4-10-8(5-7)11(14)9(12)6-13(10)2/h3-5,9,11,14H,6,12H2,1-2H3/t9-,11+/m1/s1. The zero-order chi connectivity index (χ0) is 10.3. The molecule has 1 aromatic rings. The fraction of sp³-hybridized carbons (Fsp3) is 0.455. The van der Waals surface area contributed by atoms with Gasteiger partial charge in [0.05, 0.1) is 12.1 Å². The van der Waals surface area contributed by atoms with Crippen molar-refractivity contribution in [3.05, 3.63) is 29.3 Å². The maximum atomic E-state index is 9.92. The van der Waals surface area contributed by atoms with Crippen LogP contribution in [-0.2, 0) is 0 Å². The van der Waals surface area contributed by atoms with Crippen LogP contribution >= 0.6 is 0 Å². The molecule has 3 N–H and O–H groups in total. The lowest BCUT2D eigenvalue weighted by Crippen LogP contribution is -2.44. The van der Waals surface area contributed by atoms with Gasteiger partial charge in [0, 0.05) is 24.8 Å². The van der Waals surface area contributed by atoms with Gasteiger partial charge >= 0.3 is 0 Å². The van der Waals surface area contributed by atoms with Gasteiger partial charge in [-0.3, -0.25) is 0 Å². The SMILES string of the molecule is Cc1ccc2c(c1)[C@H](O)[C@H](N)CN2C. The molecule has 0 aromatic heterocycles. The minimum Gasteiger partial charge on any atom is -0.387 e. The monoisotopic (exact) mass is 192 g/mol. The van der Waals surface area contributed by atoms with E-state index < -0.39 is 6.10 Å². The van der Waals surface area contributed by atoms with E-state index in [1.165, 1.54) is 0 Å². The van der Waals surface area contributed by atoms with Crippen LogP contribution in [0.25, 0.3) is 0 Å². The van der Waals surface area contributed by atoms with Crippen LogP contribution in [0.4, 0.5) is 5.69 Å². The van der Waals surface area contributed by atoms with Crippen LogP contribution in [0.3, 0.4) is 0 Å². The van der Waals surface area contributed by atoms with E-state index in [9.17, 15) is 5.11 Å².